The molecule has 1 heteroatoms. The summed E-state index contributed by atoms with van der Waals surface area (Å²) in [5, 5.41) is 3.72. The van der Waals surface area contributed by atoms with Crippen LogP contribution in [0.2, 0.25) is 0 Å². The lowest BCUT2D eigenvalue weighted by Gasteiger charge is -2.42. The van der Waals surface area contributed by atoms with Crippen LogP contribution in [0.1, 0.15) is 86.0 Å². The molecule has 19 heavy (non-hydrogen) atoms. The minimum Gasteiger partial charge on any atom is -0.314 e. The zero-order chi connectivity index (χ0) is 14.3. The molecular formula is C18H37N. The van der Waals surface area contributed by atoms with Gasteiger partial charge in [-0.1, -0.05) is 53.9 Å². The minimum absolute atomic E-state index is 0.598. The zero-order valence-electron chi connectivity index (χ0n) is 14.1. The Morgan fingerprint density at radius 2 is 1.74 bits per heavy atom. The summed E-state index contributed by atoms with van der Waals surface area (Å²) in [5.74, 6) is 1.86. The van der Waals surface area contributed by atoms with Crippen molar-refractivity contribution in [2.45, 2.75) is 92.0 Å². The van der Waals surface area contributed by atoms with Gasteiger partial charge in [-0.3, -0.25) is 0 Å². The Morgan fingerprint density at radius 3 is 2.21 bits per heavy atom. The summed E-state index contributed by atoms with van der Waals surface area (Å²) < 4.78 is 0. The quantitative estimate of drug-likeness (QED) is 0.621. The molecule has 1 nitrogen and oxygen atoms in total. The molecule has 0 amide bonds. The number of hydrogen-bond acceptors (Lipinski definition) is 1. The molecule has 0 bridgehead atoms. The molecule has 0 saturated heterocycles. The third-order valence-electron chi connectivity index (χ3n) is 4.86. The van der Waals surface area contributed by atoms with Gasteiger partial charge in [0, 0.05) is 12.6 Å². The van der Waals surface area contributed by atoms with Gasteiger partial charge in [-0.2, -0.15) is 0 Å². The van der Waals surface area contributed by atoms with Crippen LogP contribution in [0.5, 0.6) is 0 Å². The molecule has 0 radical (unpaired) electrons. The highest BCUT2D eigenvalue weighted by atomic mass is 14.9. The predicted molar refractivity (Wildman–Crippen MR) is 86.5 cm³/mol. The first-order chi connectivity index (χ1) is 8.97. The van der Waals surface area contributed by atoms with Gasteiger partial charge >= 0.3 is 0 Å². The molecule has 0 unspecified atom stereocenters. The van der Waals surface area contributed by atoms with Crippen LogP contribution in [-0.2, 0) is 0 Å². The topological polar surface area (TPSA) is 12.0 Å². The van der Waals surface area contributed by atoms with Crippen molar-refractivity contribution in [3.05, 3.63) is 0 Å². The molecule has 1 N–H and O–H groups in total. The van der Waals surface area contributed by atoms with Gasteiger partial charge in [0.1, 0.15) is 0 Å². The standard InChI is InChI=1S/C18H37N/c1-6-7-8-17-9-11-18(12-10-17,13-15(2)3)14-19-16(4)5/h15-17,19H,6-14H2,1-5H3. The van der Waals surface area contributed by atoms with Gasteiger partial charge in [-0.05, 0) is 49.4 Å². The van der Waals surface area contributed by atoms with Gasteiger partial charge in [-0.25, -0.2) is 0 Å². The lowest BCUT2D eigenvalue weighted by atomic mass is 9.66. The molecule has 114 valence electrons. The number of nitrogens with one attached hydrogen (secondary N) is 1. The summed E-state index contributed by atoms with van der Waals surface area (Å²) in [6, 6.07) is 0.627. The Hall–Kier alpha value is -0.0400. The van der Waals surface area contributed by atoms with Crippen LogP contribution >= 0.6 is 0 Å². The molecule has 0 spiro atoms. The van der Waals surface area contributed by atoms with E-state index in [2.05, 4.69) is 39.9 Å². The van der Waals surface area contributed by atoms with Gasteiger partial charge in [0.05, 0.1) is 0 Å². The normalized spacial score (nSPS) is 28.3. The molecular weight excluding hydrogens is 230 g/mol. The van der Waals surface area contributed by atoms with Crippen molar-refractivity contribution in [2.75, 3.05) is 6.54 Å². The van der Waals surface area contributed by atoms with Gasteiger partial charge in [-0.15, -0.1) is 0 Å². The molecule has 0 aromatic rings. The van der Waals surface area contributed by atoms with Gasteiger partial charge in [0.15, 0.2) is 0 Å². The maximum absolute atomic E-state index is 3.72. The number of hydrogen-bond donors (Lipinski definition) is 1. The van der Waals surface area contributed by atoms with Crippen LogP contribution < -0.4 is 5.32 Å². The van der Waals surface area contributed by atoms with Crippen molar-refractivity contribution in [1.82, 2.24) is 5.32 Å². The second-order valence-electron chi connectivity index (χ2n) is 7.72. The largest absolute Gasteiger partial charge is 0.314 e. The Balaban J connectivity index is 2.48. The predicted octanol–water partition coefficient (Wildman–Crippen LogP) is 5.40. The van der Waals surface area contributed by atoms with Crippen molar-refractivity contribution in [3.63, 3.8) is 0 Å². The zero-order valence-corrected chi connectivity index (χ0v) is 14.1. The number of unbranched alkanes of at least 4 members (excludes halogenated alkanes) is 1. The van der Waals surface area contributed by atoms with E-state index in [-0.39, 0.29) is 0 Å². The van der Waals surface area contributed by atoms with Crippen LogP contribution in [0.4, 0.5) is 0 Å². The molecule has 1 rings (SSSR count). The van der Waals surface area contributed by atoms with E-state index in [1.165, 1.54) is 57.9 Å². The van der Waals surface area contributed by atoms with Crippen LogP contribution in [0.3, 0.4) is 0 Å². The Labute approximate surface area is 121 Å². The minimum atomic E-state index is 0.598. The molecule has 0 aromatic heterocycles. The SMILES string of the molecule is CCCCC1CCC(CNC(C)C)(CC(C)C)CC1. The van der Waals surface area contributed by atoms with Crippen LogP contribution in [0.15, 0.2) is 0 Å². The molecule has 0 aliphatic heterocycles. The molecule has 0 atom stereocenters. The Kier molecular flexibility index (Phi) is 7.42. The van der Waals surface area contributed by atoms with Crippen molar-refractivity contribution in [1.29, 1.82) is 0 Å². The maximum Gasteiger partial charge on any atom is 0.00106 e. The summed E-state index contributed by atoms with van der Waals surface area (Å²) in [6.07, 6.45) is 11.6. The molecule has 1 saturated carbocycles. The van der Waals surface area contributed by atoms with Gasteiger partial charge < -0.3 is 5.32 Å². The van der Waals surface area contributed by atoms with E-state index in [9.17, 15) is 0 Å². The summed E-state index contributed by atoms with van der Waals surface area (Å²) in [5.41, 5.74) is 0.598. The fourth-order valence-corrected chi connectivity index (χ4v) is 3.81. The average Bonchev–Trinajstić information content (AvgIpc) is 2.35. The average molecular weight is 268 g/mol. The second-order valence-corrected chi connectivity index (χ2v) is 7.72. The molecule has 0 heterocycles. The smallest absolute Gasteiger partial charge is 0.00106 e. The van der Waals surface area contributed by atoms with Crippen LogP contribution in [0.25, 0.3) is 0 Å². The molecule has 1 aliphatic carbocycles. The second kappa shape index (κ2) is 8.29. The van der Waals surface area contributed by atoms with E-state index in [1.54, 1.807) is 0 Å². The third-order valence-corrected chi connectivity index (χ3v) is 4.86. The van der Waals surface area contributed by atoms with Crippen molar-refractivity contribution in [2.24, 2.45) is 17.3 Å². The van der Waals surface area contributed by atoms with Crippen LogP contribution in [-0.4, -0.2) is 12.6 Å². The summed E-state index contributed by atoms with van der Waals surface area (Å²) >= 11 is 0. The van der Waals surface area contributed by atoms with Gasteiger partial charge in [0.2, 0.25) is 0 Å². The third kappa shape index (κ3) is 6.29. The van der Waals surface area contributed by atoms with Crippen LogP contribution in [0, 0.1) is 17.3 Å². The molecule has 0 aromatic carbocycles. The van der Waals surface area contributed by atoms with E-state index >= 15 is 0 Å². The highest BCUT2D eigenvalue weighted by molar-refractivity contribution is 4.88. The lowest BCUT2D eigenvalue weighted by Crippen LogP contribution is -2.41. The van der Waals surface area contributed by atoms with Gasteiger partial charge in [0.25, 0.3) is 0 Å². The van der Waals surface area contributed by atoms with E-state index in [0.717, 1.165) is 11.8 Å². The fourth-order valence-electron chi connectivity index (χ4n) is 3.81. The maximum atomic E-state index is 3.72. The summed E-state index contributed by atoms with van der Waals surface area (Å²) in [7, 11) is 0. The lowest BCUT2D eigenvalue weighted by molar-refractivity contribution is 0.109. The van der Waals surface area contributed by atoms with E-state index < -0.39 is 0 Å². The summed E-state index contributed by atoms with van der Waals surface area (Å²) in [6.45, 7) is 12.9. The summed E-state index contributed by atoms with van der Waals surface area (Å²) in [4.78, 5) is 0. The van der Waals surface area contributed by atoms with E-state index in [4.69, 9.17) is 0 Å². The highest BCUT2D eigenvalue weighted by Gasteiger charge is 2.35. The first-order valence-corrected chi connectivity index (χ1v) is 8.71. The Morgan fingerprint density at radius 1 is 1.11 bits per heavy atom. The first kappa shape index (κ1) is 17.0. The molecule has 1 fully saturated rings. The Bertz CT molecular complexity index is 224. The number of rotatable bonds is 8. The molecule has 1 aliphatic rings. The first-order valence-electron chi connectivity index (χ1n) is 8.71. The fraction of sp³-hybridized carbons (Fsp3) is 1.00. The van der Waals surface area contributed by atoms with Crippen molar-refractivity contribution < 1.29 is 0 Å². The van der Waals surface area contributed by atoms with Crippen molar-refractivity contribution in [3.8, 4) is 0 Å². The van der Waals surface area contributed by atoms with E-state index in [1.807, 2.05) is 0 Å². The monoisotopic (exact) mass is 267 g/mol. The van der Waals surface area contributed by atoms with Crippen molar-refractivity contribution >= 4 is 0 Å². The van der Waals surface area contributed by atoms with E-state index in [0.29, 0.717) is 11.5 Å². The highest BCUT2D eigenvalue weighted by Crippen LogP contribution is 2.44.